The first-order chi connectivity index (χ1) is 12.4. The fraction of sp³-hybridized carbons (Fsp3) is 0.278. The van der Waals surface area contributed by atoms with Gasteiger partial charge in [-0.15, -0.1) is 0 Å². The van der Waals surface area contributed by atoms with Crippen LogP contribution >= 0.6 is 0 Å². The molecule has 2 N–H and O–H groups in total. The molecule has 2 aromatic carbocycles. The van der Waals surface area contributed by atoms with Crippen LogP contribution < -0.4 is 10.0 Å². The Morgan fingerprint density at radius 1 is 1.04 bits per heavy atom. The van der Waals surface area contributed by atoms with Gasteiger partial charge in [-0.05, 0) is 35.4 Å². The summed E-state index contributed by atoms with van der Waals surface area (Å²) in [5.41, 5.74) is 1.97. The van der Waals surface area contributed by atoms with Crippen molar-refractivity contribution < 1.29 is 22.3 Å². The van der Waals surface area contributed by atoms with Crippen molar-refractivity contribution >= 4 is 15.9 Å². The van der Waals surface area contributed by atoms with E-state index in [1.807, 2.05) is 24.3 Å². The summed E-state index contributed by atoms with van der Waals surface area (Å²) < 4.78 is 44.2. The zero-order chi connectivity index (χ0) is 19.0. The molecule has 0 saturated heterocycles. The van der Waals surface area contributed by atoms with E-state index in [4.69, 9.17) is 4.74 Å². The molecule has 0 fully saturated rings. The zero-order valence-corrected chi connectivity index (χ0v) is 15.2. The van der Waals surface area contributed by atoms with Crippen molar-refractivity contribution in [1.29, 1.82) is 0 Å². The molecular weight excluding hydrogens is 359 g/mol. The smallest absolute Gasteiger partial charge is 0.240 e. The second-order valence-electron chi connectivity index (χ2n) is 5.63. The molecule has 0 heterocycles. The Hall–Kier alpha value is -2.29. The van der Waals surface area contributed by atoms with E-state index < -0.39 is 15.8 Å². The number of rotatable bonds is 9. The lowest BCUT2D eigenvalue weighted by atomic mass is 10.1. The Morgan fingerprint density at radius 3 is 2.27 bits per heavy atom. The van der Waals surface area contributed by atoms with Gasteiger partial charge in [0.05, 0.1) is 11.5 Å². The number of amides is 1. The van der Waals surface area contributed by atoms with Gasteiger partial charge in [-0.3, -0.25) is 4.79 Å². The summed E-state index contributed by atoms with van der Waals surface area (Å²) in [5, 5.41) is 2.73. The van der Waals surface area contributed by atoms with Crippen LogP contribution in [0.4, 0.5) is 4.39 Å². The molecule has 0 spiro atoms. The highest BCUT2D eigenvalue weighted by molar-refractivity contribution is 7.89. The molecule has 1 amide bonds. The highest BCUT2D eigenvalue weighted by Crippen LogP contribution is 2.09. The molecule has 0 aromatic heterocycles. The summed E-state index contributed by atoms with van der Waals surface area (Å²) in [6.07, 6.45) is 0.00217. The van der Waals surface area contributed by atoms with E-state index in [9.17, 15) is 17.6 Å². The lowest BCUT2D eigenvalue weighted by molar-refractivity contribution is -0.121. The Morgan fingerprint density at radius 2 is 1.65 bits per heavy atom. The minimum absolute atomic E-state index is 0.00217. The number of hydrogen-bond donors (Lipinski definition) is 2. The zero-order valence-electron chi connectivity index (χ0n) is 14.4. The summed E-state index contributed by atoms with van der Waals surface area (Å²) in [7, 11) is -2.14. The van der Waals surface area contributed by atoms with E-state index in [0.717, 1.165) is 23.3 Å². The average molecular weight is 380 g/mol. The third-order valence-corrected chi connectivity index (χ3v) is 5.07. The van der Waals surface area contributed by atoms with Gasteiger partial charge < -0.3 is 10.1 Å². The lowest BCUT2D eigenvalue weighted by Gasteiger charge is -2.08. The maximum absolute atomic E-state index is 12.8. The summed E-state index contributed by atoms with van der Waals surface area (Å²) >= 11 is 0. The summed E-state index contributed by atoms with van der Waals surface area (Å²) in [5.74, 6) is -0.786. The minimum atomic E-state index is -3.76. The number of ether oxygens (including phenoxy) is 1. The predicted octanol–water partition coefficient (Wildman–Crippen LogP) is 1.96. The Kier molecular flexibility index (Phi) is 7.26. The van der Waals surface area contributed by atoms with Crippen molar-refractivity contribution in [2.24, 2.45) is 0 Å². The molecule has 8 heteroatoms. The number of hydrogen-bond acceptors (Lipinski definition) is 4. The van der Waals surface area contributed by atoms with Crippen LogP contribution in [0.2, 0.25) is 0 Å². The number of nitrogens with one attached hydrogen (secondary N) is 2. The second-order valence-corrected chi connectivity index (χ2v) is 7.39. The normalized spacial score (nSPS) is 11.3. The topological polar surface area (TPSA) is 84.5 Å². The van der Waals surface area contributed by atoms with Crippen LogP contribution in [-0.2, 0) is 32.7 Å². The molecule has 0 atom stereocenters. The van der Waals surface area contributed by atoms with Gasteiger partial charge in [0.15, 0.2) is 0 Å². The monoisotopic (exact) mass is 380 g/mol. The highest BCUT2D eigenvalue weighted by atomic mass is 32.2. The van der Waals surface area contributed by atoms with E-state index in [1.165, 1.54) is 12.1 Å². The fourth-order valence-corrected chi connectivity index (χ4v) is 3.24. The molecule has 6 nitrogen and oxygen atoms in total. The first-order valence-electron chi connectivity index (χ1n) is 7.99. The summed E-state index contributed by atoms with van der Waals surface area (Å²) in [6, 6.07) is 12.1. The third-order valence-electron chi connectivity index (χ3n) is 3.59. The molecule has 0 radical (unpaired) electrons. The third kappa shape index (κ3) is 6.21. The number of carbonyl (C=O) groups is 1. The van der Waals surface area contributed by atoms with Crippen molar-refractivity contribution in [3.8, 4) is 0 Å². The highest BCUT2D eigenvalue weighted by Gasteiger charge is 2.14. The molecule has 140 valence electrons. The largest absolute Gasteiger partial charge is 0.380 e. The Balaban J connectivity index is 1.75. The molecule has 0 saturated carbocycles. The molecule has 0 unspecified atom stereocenters. The molecule has 2 rings (SSSR count). The van der Waals surface area contributed by atoms with Gasteiger partial charge in [-0.1, -0.05) is 24.3 Å². The standard InChI is InChI=1S/C18H21FN2O4S/c1-25-13-15-4-2-14(3-5-15)12-20-18(22)10-11-21-26(23,24)17-8-6-16(19)7-9-17/h2-9,21H,10-13H2,1H3,(H,20,22). The quantitative estimate of drug-likeness (QED) is 0.697. The van der Waals surface area contributed by atoms with Crippen molar-refractivity contribution in [1.82, 2.24) is 10.0 Å². The van der Waals surface area contributed by atoms with E-state index in [2.05, 4.69) is 10.0 Å². The maximum Gasteiger partial charge on any atom is 0.240 e. The first kappa shape index (κ1) is 20.0. The van der Waals surface area contributed by atoms with E-state index in [-0.39, 0.29) is 23.8 Å². The number of methoxy groups -OCH3 is 1. The molecule has 0 aliphatic carbocycles. The van der Waals surface area contributed by atoms with E-state index in [0.29, 0.717) is 13.2 Å². The van der Waals surface area contributed by atoms with Crippen LogP contribution in [0.5, 0.6) is 0 Å². The predicted molar refractivity (Wildman–Crippen MR) is 95.2 cm³/mol. The lowest BCUT2D eigenvalue weighted by Crippen LogP contribution is -2.30. The molecule has 2 aromatic rings. The maximum atomic E-state index is 12.8. The van der Waals surface area contributed by atoms with Gasteiger partial charge in [-0.2, -0.15) is 0 Å². The van der Waals surface area contributed by atoms with Crippen LogP contribution in [0.25, 0.3) is 0 Å². The van der Waals surface area contributed by atoms with Crippen LogP contribution in [0, 0.1) is 5.82 Å². The number of sulfonamides is 1. The molecule has 0 aliphatic rings. The van der Waals surface area contributed by atoms with Crippen LogP contribution in [0.3, 0.4) is 0 Å². The Bertz CT molecular complexity index is 821. The van der Waals surface area contributed by atoms with Gasteiger partial charge in [-0.25, -0.2) is 17.5 Å². The average Bonchev–Trinajstić information content (AvgIpc) is 2.61. The molecule has 0 bridgehead atoms. The van der Waals surface area contributed by atoms with Gasteiger partial charge in [0, 0.05) is 26.6 Å². The number of carbonyl (C=O) groups excluding carboxylic acids is 1. The number of halogens is 1. The van der Waals surface area contributed by atoms with Gasteiger partial charge >= 0.3 is 0 Å². The van der Waals surface area contributed by atoms with E-state index >= 15 is 0 Å². The van der Waals surface area contributed by atoms with Crippen molar-refractivity contribution in [3.63, 3.8) is 0 Å². The van der Waals surface area contributed by atoms with Gasteiger partial charge in [0.2, 0.25) is 15.9 Å². The Labute approximate surface area is 152 Å². The van der Waals surface area contributed by atoms with Crippen molar-refractivity contribution in [2.75, 3.05) is 13.7 Å². The minimum Gasteiger partial charge on any atom is -0.380 e. The molecule has 26 heavy (non-hydrogen) atoms. The summed E-state index contributed by atoms with van der Waals surface area (Å²) in [6.45, 7) is 0.843. The SMILES string of the molecule is COCc1ccc(CNC(=O)CCNS(=O)(=O)c2ccc(F)cc2)cc1. The molecule has 0 aliphatic heterocycles. The molecular formula is C18H21FN2O4S. The van der Waals surface area contributed by atoms with E-state index in [1.54, 1.807) is 7.11 Å². The fourth-order valence-electron chi connectivity index (χ4n) is 2.21. The van der Waals surface area contributed by atoms with Crippen LogP contribution in [0.1, 0.15) is 17.5 Å². The van der Waals surface area contributed by atoms with Crippen molar-refractivity contribution in [3.05, 3.63) is 65.5 Å². The van der Waals surface area contributed by atoms with Crippen molar-refractivity contribution in [2.45, 2.75) is 24.5 Å². The first-order valence-corrected chi connectivity index (χ1v) is 9.48. The van der Waals surface area contributed by atoms with Crippen LogP contribution in [0.15, 0.2) is 53.4 Å². The number of benzene rings is 2. The second kappa shape index (κ2) is 9.42. The van der Waals surface area contributed by atoms with Crippen LogP contribution in [-0.4, -0.2) is 28.0 Å². The van der Waals surface area contributed by atoms with Gasteiger partial charge in [0.25, 0.3) is 0 Å². The summed E-state index contributed by atoms with van der Waals surface area (Å²) in [4.78, 5) is 11.8. The van der Waals surface area contributed by atoms with Gasteiger partial charge in [0.1, 0.15) is 5.82 Å².